The first-order valence-electron chi connectivity index (χ1n) is 5.84. The van der Waals surface area contributed by atoms with Gasteiger partial charge in [-0.05, 0) is 31.0 Å². The fraction of sp³-hybridized carbons (Fsp3) is 0.357. The Balaban J connectivity index is 3.07. The van der Waals surface area contributed by atoms with Crippen molar-refractivity contribution in [2.45, 2.75) is 20.3 Å². The van der Waals surface area contributed by atoms with Crippen molar-refractivity contribution < 1.29 is 18.7 Å². The maximum absolute atomic E-state index is 13.9. The molecule has 0 aromatic heterocycles. The summed E-state index contributed by atoms with van der Waals surface area (Å²) in [6.07, 6.45) is 0.414. The lowest BCUT2D eigenvalue weighted by Gasteiger charge is -2.08. The van der Waals surface area contributed by atoms with Crippen molar-refractivity contribution in [1.82, 2.24) is 0 Å². The van der Waals surface area contributed by atoms with Crippen LogP contribution in [0.25, 0.3) is 5.57 Å². The van der Waals surface area contributed by atoms with E-state index in [-0.39, 0.29) is 6.61 Å². The third-order valence-corrected chi connectivity index (χ3v) is 2.51. The first-order valence-corrected chi connectivity index (χ1v) is 5.84. The minimum absolute atomic E-state index is 0.159. The van der Waals surface area contributed by atoms with Gasteiger partial charge in [-0.15, -0.1) is 0 Å². The Labute approximate surface area is 106 Å². The van der Waals surface area contributed by atoms with Crippen LogP contribution in [0.5, 0.6) is 5.75 Å². The number of carbonyl (C=O) groups excluding carboxylic acids is 1. The fourth-order valence-corrected chi connectivity index (χ4v) is 1.60. The van der Waals surface area contributed by atoms with Crippen LogP contribution < -0.4 is 4.74 Å². The number of allylic oxidation sites excluding steroid dienone is 1. The van der Waals surface area contributed by atoms with Crippen molar-refractivity contribution in [3.8, 4) is 5.75 Å². The molecule has 1 aromatic rings. The molecule has 0 radical (unpaired) electrons. The normalized spacial score (nSPS) is 11.8. The summed E-state index contributed by atoms with van der Waals surface area (Å²) in [6.45, 7) is 3.59. The summed E-state index contributed by atoms with van der Waals surface area (Å²) in [5, 5.41) is 0. The van der Waals surface area contributed by atoms with Gasteiger partial charge in [0.05, 0.1) is 13.7 Å². The highest BCUT2D eigenvalue weighted by Crippen LogP contribution is 2.25. The molecular formula is C14H17FO3. The number of halogens is 1. The molecule has 0 aliphatic rings. The third-order valence-electron chi connectivity index (χ3n) is 2.51. The van der Waals surface area contributed by atoms with Gasteiger partial charge in [0.1, 0.15) is 5.75 Å². The topological polar surface area (TPSA) is 35.5 Å². The molecule has 18 heavy (non-hydrogen) atoms. The van der Waals surface area contributed by atoms with Crippen LogP contribution in [0.2, 0.25) is 0 Å². The second kappa shape index (κ2) is 6.79. The molecule has 0 heterocycles. The first kappa shape index (κ1) is 14.2. The molecule has 0 saturated carbocycles. The van der Waals surface area contributed by atoms with Gasteiger partial charge in [0.25, 0.3) is 0 Å². The number of benzene rings is 1. The zero-order valence-electron chi connectivity index (χ0n) is 10.8. The van der Waals surface area contributed by atoms with Gasteiger partial charge < -0.3 is 9.47 Å². The summed E-state index contributed by atoms with van der Waals surface area (Å²) in [6, 6.07) is 6.89. The molecule has 1 aromatic carbocycles. The van der Waals surface area contributed by atoms with E-state index in [9.17, 15) is 9.18 Å². The Kier molecular flexibility index (Phi) is 5.36. The van der Waals surface area contributed by atoms with Crippen LogP contribution in [0.4, 0.5) is 4.39 Å². The molecule has 3 nitrogen and oxygen atoms in total. The lowest BCUT2D eigenvalue weighted by molar-refractivity contribution is -0.140. The number of hydrogen-bond acceptors (Lipinski definition) is 3. The summed E-state index contributed by atoms with van der Waals surface area (Å²) >= 11 is 0. The highest BCUT2D eigenvalue weighted by Gasteiger charge is 2.16. The van der Waals surface area contributed by atoms with E-state index in [2.05, 4.69) is 4.74 Å². The van der Waals surface area contributed by atoms with Gasteiger partial charge in [0, 0.05) is 5.57 Å². The van der Waals surface area contributed by atoms with Crippen LogP contribution in [-0.4, -0.2) is 19.7 Å². The molecule has 0 N–H and O–H groups in total. The fourth-order valence-electron chi connectivity index (χ4n) is 1.60. The van der Waals surface area contributed by atoms with Gasteiger partial charge in [-0.3, -0.25) is 0 Å². The Hall–Kier alpha value is -1.84. The van der Waals surface area contributed by atoms with Crippen LogP contribution in [0, 0.1) is 0 Å². The van der Waals surface area contributed by atoms with Gasteiger partial charge in [-0.2, -0.15) is 4.39 Å². The van der Waals surface area contributed by atoms with Crippen molar-refractivity contribution in [2.24, 2.45) is 0 Å². The SMILES string of the molecule is CCOC(=O)/C(F)=C(/CC)c1ccc(OC)cc1. The molecule has 4 heteroatoms. The maximum Gasteiger partial charge on any atom is 0.367 e. The Morgan fingerprint density at radius 2 is 1.83 bits per heavy atom. The second-order valence-corrected chi connectivity index (χ2v) is 3.60. The van der Waals surface area contributed by atoms with E-state index in [4.69, 9.17) is 4.74 Å². The van der Waals surface area contributed by atoms with E-state index in [0.717, 1.165) is 0 Å². The summed E-state index contributed by atoms with van der Waals surface area (Å²) in [7, 11) is 1.56. The predicted molar refractivity (Wildman–Crippen MR) is 67.9 cm³/mol. The Morgan fingerprint density at radius 1 is 1.22 bits per heavy atom. The zero-order valence-corrected chi connectivity index (χ0v) is 10.8. The third kappa shape index (κ3) is 3.32. The molecule has 98 valence electrons. The molecule has 1 rings (SSSR count). The number of rotatable bonds is 5. The minimum Gasteiger partial charge on any atom is -0.497 e. The van der Waals surface area contributed by atoms with Gasteiger partial charge >= 0.3 is 5.97 Å². The Morgan fingerprint density at radius 3 is 2.28 bits per heavy atom. The average Bonchev–Trinajstić information content (AvgIpc) is 2.40. The Bertz CT molecular complexity index is 435. The molecule has 0 saturated heterocycles. The molecule has 0 aliphatic heterocycles. The standard InChI is InChI=1S/C14H17FO3/c1-4-12(13(15)14(16)18-5-2)10-6-8-11(17-3)9-7-10/h6-9H,4-5H2,1-3H3/b13-12+. The van der Waals surface area contributed by atoms with Crippen LogP contribution in [0.1, 0.15) is 25.8 Å². The largest absolute Gasteiger partial charge is 0.497 e. The van der Waals surface area contributed by atoms with Gasteiger partial charge in [-0.25, -0.2) is 4.79 Å². The highest BCUT2D eigenvalue weighted by atomic mass is 19.1. The maximum atomic E-state index is 13.9. The van der Waals surface area contributed by atoms with Gasteiger partial charge in [-0.1, -0.05) is 19.1 Å². The van der Waals surface area contributed by atoms with E-state index in [0.29, 0.717) is 23.3 Å². The van der Waals surface area contributed by atoms with E-state index < -0.39 is 11.8 Å². The van der Waals surface area contributed by atoms with E-state index in [1.807, 2.05) is 0 Å². The molecule has 0 aliphatic carbocycles. The smallest absolute Gasteiger partial charge is 0.367 e. The van der Waals surface area contributed by atoms with E-state index >= 15 is 0 Å². The average molecular weight is 252 g/mol. The highest BCUT2D eigenvalue weighted by molar-refractivity contribution is 5.95. The summed E-state index contributed by atoms with van der Waals surface area (Å²) < 4.78 is 23.6. The molecule has 0 fully saturated rings. The zero-order chi connectivity index (χ0) is 13.5. The molecule has 0 unspecified atom stereocenters. The lowest BCUT2D eigenvalue weighted by atomic mass is 10.0. The monoisotopic (exact) mass is 252 g/mol. The van der Waals surface area contributed by atoms with E-state index in [1.54, 1.807) is 45.2 Å². The predicted octanol–water partition coefficient (Wildman–Crippen LogP) is 3.35. The van der Waals surface area contributed by atoms with Crippen molar-refractivity contribution in [2.75, 3.05) is 13.7 Å². The van der Waals surface area contributed by atoms with Crippen LogP contribution in [-0.2, 0) is 9.53 Å². The second-order valence-electron chi connectivity index (χ2n) is 3.60. The van der Waals surface area contributed by atoms with E-state index in [1.165, 1.54) is 0 Å². The van der Waals surface area contributed by atoms with Crippen LogP contribution >= 0.6 is 0 Å². The van der Waals surface area contributed by atoms with Gasteiger partial charge in [0.2, 0.25) is 5.83 Å². The first-order chi connectivity index (χ1) is 8.63. The quantitative estimate of drug-likeness (QED) is 0.595. The number of hydrogen-bond donors (Lipinski definition) is 0. The summed E-state index contributed by atoms with van der Waals surface area (Å²) in [5.41, 5.74) is 1.000. The molecular weight excluding hydrogens is 235 g/mol. The van der Waals surface area contributed by atoms with Crippen molar-refractivity contribution in [1.29, 1.82) is 0 Å². The lowest BCUT2D eigenvalue weighted by Crippen LogP contribution is -2.06. The van der Waals surface area contributed by atoms with Crippen molar-refractivity contribution in [3.63, 3.8) is 0 Å². The van der Waals surface area contributed by atoms with Crippen molar-refractivity contribution >= 4 is 11.5 Å². The molecule has 0 amide bonds. The minimum atomic E-state index is -0.912. The molecule has 0 bridgehead atoms. The summed E-state index contributed by atoms with van der Waals surface area (Å²) in [4.78, 5) is 11.4. The van der Waals surface area contributed by atoms with Crippen LogP contribution in [0.3, 0.4) is 0 Å². The number of methoxy groups -OCH3 is 1. The number of ether oxygens (including phenoxy) is 2. The summed E-state index contributed by atoms with van der Waals surface area (Å²) in [5.74, 6) is -1.06. The van der Waals surface area contributed by atoms with Crippen molar-refractivity contribution in [3.05, 3.63) is 35.7 Å². The molecule has 0 spiro atoms. The number of esters is 1. The molecule has 0 atom stereocenters. The number of carbonyl (C=O) groups is 1. The van der Waals surface area contributed by atoms with Gasteiger partial charge in [0.15, 0.2) is 0 Å². The van der Waals surface area contributed by atoms with Crippen LogP contribution in [0.15, 0.2) is 30.1 Å².